The third-order valence-electron chi connectivity index (χ3n) is 3.69. The molecule has 0 aliphatic carbocycles. The first-order chi connectivity index (χ1) is 8.11. The minimum Gasteiger partial charge on any atom is -0.379 e. The van der Waals surface area contributed by atoms with Crippen molar-refractivity contribution >= 4 is 0 Å². The van der Waals surface area contributed by atoms with Crippen molar-refractivity contribution in [2.75, 3.05) is 32.8 Å². The molecule has 0 radical (unpaired) electrons. The Morgan fingerprint density at radius 3 is 2.29 bits per heavy atom. The Hall–Kier alpha value is -1.07. The Morgan fingerprint density at radius 1 is 1.12 bits per heavy atom. The highest BCUT2D eigenvalue weighted by Gasteiger charge is 2.13. The van der Waals surface area contributed by atoms with E-state index >= 15 is 0 Å². The highest BCUT2D eigenvalue weighted by molar-refractivity contribution is 5.10. The van der Waals surface area contributed by atoms with Gasteiger partial charge in [-0.25, -0.2) is 4.79 Å². The van der Waals surface area contributed by atoms with Gasteiger partial charge in [0.05, 0.1) is 13.2 Å². The van der Waals surface area contributed by atoms with Crippen LogP contribution < -0.4 is 5.69 Å². The second-order valence-corrected chi connectivity index (χ2v) is 4.62. The molecule has 1 fully saturated rings. The highest BCUT2D eigenvalue weighted by atomic mass is 16.5. The molecule has 17 heavy (non-hydrogen) atoms. The third kappa shape index (κ3) is 2.45. The molecule has 0 unspecified atom stereocenters. The Balaban J connectivity index is 2.03. The molecule has 96 valence electrons. The smallest absolute Gasteiger partial charge is 0.328 e. The quantitative estimate of drug-likeness (QED) is 0.753. The maximum atomic E-state index is 12.0. The zero-order valence-electron chi connectivity index (χ0n) is 10.9. The summed E-state index contributed by atoms with van der Waals surface area (Å²) >= 11 is 0. The Kier molecular flexibility index (Phi) is 3.69. The zero-order chi connectivity index (χ0) is 12.4. The summed E-state index contributed by atoms with van der Waals surface area (Å²) in [6.45, 7) is 9.25. The molecule has 1 aromatic heterocycles. The van der Waals surface area contributed by atoms with Crippen LogP contribution in [-0.2, 0) is 18.3 Å². The van der Waals surface area contributed by atoms with Gasteiger partial charge in [-0.1, -0.05) is 0 Å². The fourth-order valence-electron chi connectivity index (χ4n) is 2.24. The number of rotatable bonds is 3. The topological polar surface area (TPSA) is 39.4 Å². The lowest BCUT2D eigenvalue weighted by atomic mass is 10.3. The van der Waals surface area contributed by atoms with Gasteiger partial charge in [-0.3, -0.25) is 14.0 Å². The van der Waals surface area contributed by atoms with Crippen LogP contribution in [0.2, 0.25) is 0 Å². The largest absolute Gasteiger partial charge is 0.379 e. The van der Waals surface area contributed by atoms with E-state index in [0.717, 1.165) is 50.8 Å². The van der Waals surface area contributed by atoms with Crippen molar-refractivity contribution < 1.29 is 4.74 Å². The molecule has 1 aliphatic heterocycles. The van der Waals surface area contributed by atoms with Crippen molar-refractivity contribution in [1.82, 2.24) is 14.0 Å². The number of hydrogen-bond acceptors (Lipinski definition) is 3. The Labute approximate surface area is 102 Å². The predicted octanol–water partition coefficient (Wildman–Crippen LogP) is 0.136. The first kappa shape index (κ1) is 12.4. The van der Waals surface area contributed by atoms with E-state index in [0.29, 0.717) is 0 Å². The Bertz CT molecular complexity index is 441. The second kappa shape index (κ2) is 5.06. The lowest BCUT2D eigenvalue weighted by Gasteiger charge is -2.26. The molecular weight excluding hydrogens is 218 g/mol. The SMILES string of the molecule is Cc1c(C)n(CCN2CCOCC2)c(=O)n1C. The van der Waals surface area contributed by atoms with Crippen LogP contribution in [0, 0.1) is 13.8 Å². The first-order valence-corrected chi connectivity index (χ1v) is 6.14. The van der Waals surface area contributed by atoms with Gasteiger partial charge in [0.25, 0.3) is 0 Å². The minimum atomic E-state index is 0.0910. The van der Waals surface area contributed by atoms with Gasteiger partial charge in [-0.2, -0.15) is 0 Å². The van der Waals surface area contributed by atoms with Crippen LogP contribution in [0.4, 0.5) is 0 Å². The number of hydrogen-bond donors (Lipinski definition) is 0. The lowest BCUT2D eigenvalue weighted by molar-refractivity contribution is 0.0362. The van der Waals surface area contributed by atoms with Crippen LogP contribution in [-0.4, -0.2) is 46.9 Å². The van der Waals surface area contributed by atoms with Crippen LogP contribution >= 0.6 is 0 Å². The van der Waals surface area contributed by atoms with Crippen molar-refractivity contribution in [3.63, 3.8) is 0 Å². The molecule has 0 spiro atoms. The summed E-state index contributed by atoms with van der Waals surface area (Å²) in [5.74, 6) is 0. The molecule has 1 saturated heterocycles. The standard InChI is InChI=1S/C12H21N3O2/c1-10-11(2)15(12(16)13(10)3)5-4-14-6-8-17-9-7-14/h4-9H2,1-3H3. The highest BCUT2D eigenvalue weighted by Crippen LogP contribution is 2.04. The van der Waals surface area contributed by atoms with Crippen molar-refractivity contribution in [2.24, 2.45) is 7.05 Å². The monoisotopic (exact) mass is 239 g/mol. The van der Waals surface area contributed by atoms with E-state index in [9.17, 15) is 4.79 Å². The van der Waals surface area contributed by atoms with Crippen LogP contribution in [0.3, 0.4) is 0 Å². The summed E-state index contributed by atoms with van der Waals surface area (Å²) in [6, 6.07) is 0. The lowest BCUT2D eigenvalue weighted by Crippen LogP contribution is -2.39. The molecule has 5 heteroatoms. The van der Waals surface area contributed by atoms with E-state index in [1.807, 2.05) is 25.5 Å². The molecule has 0 bridgehead atoms. The molecule has 2 heterocycles. The molecule has 2 rings (SSSR count). The van der Waals surface area contributed by atoms with Crippen molar-refractivity contribution in [3.05, 3.63) is 21.9 Å². The molecule has 5 nitrogen and oxygen atoms in total. The molecular formula is C12H21N3O2. The van der Waals surface area contributed by atoms with Gasteiger partial charge in [0, 0.05) is 44.6 Å². The van der Waals surface area contributed by atoms with Crippen molar-refractivity contribution in [3.8, 4) is 0 Å². The first-order valence-electron chi connectivity index (χ1n) is 6.14. The molecule has 0 saturated carbocycles. The van der Waals surface area contributed by atoms with Gasteiger partial charge in [0.2, 0.25) is 0 Å². The molecule has 0 N–H and O–H groups in total. The average molecular weight is 239 g/mol. The summed E-state index contributed by atoms with van der Waals surface area (Å²) in [4.78, 5) is 14.3. The molecule has 1 aliphatic rings. The average Bonchev–Trinajstić information content (AvgIpc) is 2.54. The third-order valence-corrected chi connectivity index (χ3v) is 3.69. The summed E-state index contributed by atoms with van der Waals surface area (Å²) < 4.78 is 8.89. The van der Waals surface area contributed by atoms with Crippen molar-refractivity contribution in [1.29, 1.82) is 0 Å². The maximum Gasteiger partial charge on any atom is 0.328 e. The van der Waals surface area contributed by atoms with Gasteiger partial charge in [0.15, 0.2) is 0 Å². The van der Waals surface area contributed by atoms with Gasteiger partial charge in [0.1, 0.15) is 0 Å². The number of nitrogens with zero attached hydrogens (tertiary/aromatic N) is 3. The second-order valence-electron chi connectivity index (χ2n) is 4.62. The van der Waals surface area contributed by atoms with Gasteiger partial charge in [-0.05, 0) is 13.8 Å². The number of ether oxygens (including phenoxy) is 1. The van der Waals surface area contributed by atoms with E-state index in [4.69, 9.17) is 4.74 Å². The zero-order valence-corrected chi connectivity index (χ0v) is 10.9. The molecule has 0 atom stereocenters. The van der Waals surface area contributed by atoms with Crippen LogP contribution in [0.5, 0.6) is 0 Å². The Morgan fingerprint density at radius 2 is 1.76 bits per heavy atom. The predicted molar refractivity (Wildman–Crippen MR) is 66.4 cm³/mol. The van der Waals surface area contributed by atoms with Crippen LogP contribution in [0.15, 0.2) is 4.79 Å². The number of aromatic nitrogens is 2. The molecule has 1 aromatic rings. The van der Waals surface area contributed by atoms with Gasteiger partial charge in [-0.15, -0.1) is 0 Å². The summed E-state index contributed by atoms with van der Waals surface area (Å²) in [5, 5.41) is 0. The maximum absolute atomic E-state index is 12.0. The van der Waals surface area contributed by atoms with Gasteiger partial charge < -0.3 is 4.74 Å². The van der Waals surface area contributed by atoms with Gasteiger partial charge >= 0.3 is 5.69 Å². The normalized spacial score (nSPS) is 17.6. The molecule has 0 aromatic carbocycles. The summed E-state index contributed by atoms with van der Waals surface area (Å²) in [5.41, 5.74) is 2.22. The fourth-order valence-corrected chi connectivity index (χ4v) is 2.24. The van der Waals surface area contributed by atoms with Crippen LogP contribution in [0.25, 0.3) is 0 Å². The van der Waals surface area contributed by atoms with Crippen molar-refractivity contribution in [2.45, 2.75) is 20.4 Å². The van der Waals surface area contributed by atoms with E-state index in [1.165, 1.54) is 0 Å². The van der Waals surface area contributed by atoms with E-state index in [1.54, 1.807) is 4.57 Å². The summed E-state index contributed by atoms with van der Waals surface area (Å²) in [6.07, 6.45) is 0. The molecule has 0 amide bonds. The number of imidazole rings is 1. The fraction of sp³-hybridized carbons (Fsp3) is 0.750. The minimum absolute atomic E-state index is 0.0910. The van der Waals surface area contributed by atoms with Crippen LogP contribution in [0.1, 0.15) is 11.4 Å². The summed E-state index contributed by atoms with van der Waals surface area (Å²) in [7, 11) is 1.83. The van der Waals surface area contributed by atoms with E-state index < -0.39 is 0 Å². The number of morpholine rings is 1. The van der Waals surface area contributed by atoms with E-state index in [-0.39, 0.29) is 5.69 Å². The van der Waals surface area contributed by atoms with E-state index in [2.05, 4.69) is 4.90 Å².